The fourth-order valence-electron chi connectivity index (χ4n) is 0.930. The summed E-state index contributed by atoms with van der Waals surface area (Å²) in [6.45, 7) is 12.0. The highest BCUT2D eigenvalue weighted by Crippen LogP contribution is 2.07. The molecular weight excluding hydrogens is 193 g/mol. The number of allylic oxidation sites excluding steroid dienone is 1. The summed E-state index contributed by atoms with van der Waals surface area (Å²) in [6.07, 6.45) is 1.76. The Bertz CT molecular complexity index is 354. The third kappa shape index (κ3) is 4.97. The van der Waals surface area contributed by atoms with Crippen molar-refractivity contribution in [1.29, 1.82) is 0 Å². The Labute approximate surface area is 101 Å². The number of rotatable bonds is 3. The van der Waals surface area contributed by atoms with E-state index in [2.05, 4.69) is 25.4 Å². The molecule has 2 radical (unpaired) electrons. The maximum absolute atomic E-state index is 5.76. The van der Waals surface area contributed by atoms with Crippen LogP contribution in [0, 0.1) is 5.92 Å². The molecule has 0 N–H and O–H groups in total. The second kappa shape index (κ2) is 7.92. The van der Waals surface area contributed by atoms with E-state index in [1.54, 1.807) is 6.21 Å². The molecule has 0 aromatic heterocycles. The van der Waals surface area contributed by atoms with Crippen molar-refractivity contribution in [1.82, 2.24) is 0 Å². The lowest BCUT2D eigenvalue weighted by molar-refractivity contribution is 0.763. The summed E-state index contributed by atoms with van der Waals surface area (Å²) in [7, 11) is 5.76. The summed E-state index contributed by atoms with van der Waals surface area (Å²) in [5.74, 6) is 0.371. The molecule has 84 valence electrons. The standard InChI is InChI=1S/C12H14BN.C2H6/c1-9(2)10(3)14-8-11-6-4-5-7-12(11)13;1-2/h4-9H,3H2,1-2H3;1-2H3. The van der Waals surface area contributed by atoms with Gasteiger partial charge >= 0.3 is 0 Å². The predicted molar refractivity (Wildman–Crippen MR) is 74.8 cm³/mol. The molecule has 1 aromatic carbocycles. The van der Waals surface area contributed by atoms with Crippen molar-refractivity contribution in [2.24, 2.45) is 10.9 Å². The van der Waals surface area contributed by atoms with Crippen LogP contribution in [0.25, 0.3) is 0 Å². The van der Waals surface area contributed by atoms with E-state index in [9.17, 15) is 0 Å². The molecule has 2 heteroatoms. The number of benzene rings is 1. The summed E-state index contributed by atoms with van der Waals surface area (Å²) in [5.41, 5.74) is 2.55. The van der Waals surface area contributed by atoms with Crippen LogP contribution in [-0.4, -0.2) is 14.1 Å². The van der Waals surface area contributed by atoms with E-state index in [-0.39, 0.29) is 0 Å². The summed E-state index contributed by atoms with van der Waals surface area (Å²) < 4.78 is 0. The highest BCUT2D eigenvalue weighted by molar-refractivity contribution is 6.35. The Morgan fingerprint density at radius 1 is 1.31 bits per heavy atom. The summed E-state index contributed by atoms with van der Waals surface area (Å²) in [4.78, 5) is 4.26. The highest BCUT2D eigenvalue weighted by atomic mass is 14.7. The Balaban J connectivity index is 0.00000106. The van der Waals surface area contributed by atoms with Crippen LogP contribution in [0.2, 0.25) is 0 Å². The van der Waals surface area contributed by atoms with Crippen LogP contribution in [0.1, 0.15) is 33.3 Å². The highest BCUT2D eigenvalue weighted by Gasteiger charge is 1.96. The maximum atomic E-state index is 5.76. The van der Waals surface area contributed by atoms with Crippen molar-refractivity contribution in [3.63, 3.8) is 0 Å². The minimum absolute atomic E-state index is 0.371. The second-order valence-corrected chi connectivity index (χ2v) is 3.53. The van der Waals surface area contributed by atoms with Gasteiger partial charge in [-0.1, -0.05) is 64.0 Å². The minimum Gasteiger partial charge on any atom is -0.261 e. The molecule has 0 aliphatic rings. The van der Waals surface area contributed by atoms with Gasteiger partial charge in [-0.05, 0) is 11.5 Å². The van der Waals surface area contributed by atoms with Crippen LogP contribution in [0.3, 0.4) is 0 Å². The first-order valence-corrected chi connectivity index (χ1v) is 5.68. The zero-order chi connectivity index (χ0) is 12.6. The molecule has 0 fully saturated rings. The van der Waals surface area contributed by atoms with Crippen molar-refractivity contribution < 1.29 is 0 Å². The second-order valence-electron chi connectivity index (χ2n) is 3.53. The molecule has 1 nitrogen and oxygen atoms in total. The van der Waals surface area contributed by atoms with Gasteiger partial charge in [0.1, 0.15) is 7.85 Å². The summed E-state index contributed by atoms with van der Waals surface area (Å²) in [6, 6.07) is 7.64. The van der Waals surface area contributed by atoms with Crippen molar-refractivity contribution in [2.45, 2.75) is 27.7 Å². The first-order valence-electron chi connectivity index (χ1n) is 5.68. The van der Waals surface area contributed by atoms with Gasteiger partial charge in [-0.3, -0.25) is 4.99 Å². The van der Waals surface area contributed by atoms with Crippen molar-refractivity contribution in [2.75, 3.05) is 0 Å². The van der Waals surface area contributed by atoms with E-state index in [0.29, 0.717) is 5.92 Å². The van der Waals surface area contributed by atoms with Crippen LogP contribution < -0.4 is 5.46 Å². The molecule has 0 unspecified atom stereocenters. The Kier molecular flexibility index (Phi) is 7.27. The van der Waals surface area contributed by atoms with Gasteiger partial charge in [0.2, 0.25) is 0 Å². The van der Waals surface area contributed by atoms with Gasteiger partial charge in [0.15, 0.2) is 0 Å². The molecule has 1 rings (SSSR count). The van der Waals surface area contributed by atoms with Crippen LogP contribution in [0.4, 0.5) is 0 Å². The lowest BCUT2D eigenvalue weighted by Crippen LogP contribution is -2.08. The van der Waals surface area contributed by atoms with E-state index in [4.69, 9.17) is 7.85 Å². The summed E-state index contributed by atoms with van der Waals surface area (Å²) >= 11 is 0. The normalized spacial score (nSPS) is 10.1. The fraction of sp³-hybridized carbons (Fsp3) is 0.357. The largest absolute Gasteiger partial charge is 0.261 e. The molecular formula is C14H20BN. The monoisotopic (exact) mass is 213 g/mol. The third-order valence-corrected chi connectivity index (χ3v) is 2.03. The fourth-order valence-corrected chi connectivity index (χ4v) is 0.930. The predicted octanol–water partition coefficient (Wildman–Crippen LogP) is 3.10. The molecule has 0 aliphatic heterocycles. The quantitative estimate of drug-likeness (QED) is 0.540. The van der Waals surface area contributed by atoms with Gasteiger partial charge in [-0.15, -0.1) is 0 Å². The Morgan fingerprint density at radius 3 is 2.38 bits per heavy atom. The van der Waals surface area contributed by atoms with Crippen molar-refractivity contribution in [3.05, 3.63) is 42.1 Å². The van der Waals surface area contributed by atoms with Gasteiger partial charge in [0.25, 0.3) is 0 Å². The number of nitrogens with zero attached hydrogens (tertiary/aromatic N) is 1. The average molecular weight is 213 g/mol. The van der Waals surface area contributed by atoms with E-state index in [0.717, 1.165) is 16.7 Å². The van der Waals surface area contributed by atoms with E-state index in [1.165, 1.54) is 0 Å². The van der Waals surface area contributed by atoms with Crippen LogP contribution in [0.15, 0.2) is 41.5 Å². The van der Waals surface area contributed by atoms with Crippen LogP contribution >= 0.6 is 0 Å². The average Bonchev–Trinajstić information content (AvgIpc) is 2.30. The lowest BCUT2D eigenvalue weighted by atomic mass is 9.91. The molecule has 1 aromatic rings. The van der Waals surface area contributed by atoms with Gasteiger partial charge in [0, 0.05) is 11.9 Å². The van der Waals surface area contributed by atoms with Crippen LogP contribution in [0.5, 0.6) is 0 Å². The number of aliphatic imine (C=N–C) groups is 1. The molecule has 16 heavy (non-hydrogen) atoms. The SMILES string of the molecule is CC.[B]c1ccccc1C=NC(=C)C(C)C. The molecule has 0 atom stereocenters. The third-order valence-electron chi connectivity index (χ3n) is 2.03. The zero-order valence-corrected chi connectivity index (χ0v) is 10.7. The molecule has 0 saturated heterocycles. The zero-order valence-electron chi connectivity index (χ0n) is 10.7. The molecule has 0 amide bonds. The van der Waals surface area contributed by atoms with Gasteiger partial charge in [0.05, 0.1) is 0 Å². The van der Waals surface area contributed by atoms with Crippen LogP contribution in [-0.2, 0) is 0 Å². The Hall–Kier alpha value is -1.31. The molecule has 0 bridgehead atoms. The molecule has 0 aliphatic carbocycles. The molecule has 0 heterocycles. The van der Waals surface area contributed by atoms with E-state index < -0.39 is 0 Å². The number of hydrogen-bond donors (Lipinski definition) is 0. The topological polar surface area (TPSA) is 12.4 Å². The first kappa shape index (κ1) is 14.7. The van der Waals surface area contributed by atoms with Gasteiger partial charge in [-0.25, -0.2) is 0 Å². The number of hydrogen-bond acceptors (Lipinski definition) is 1. The lowest BCUT2D eigenvalue weighted by Gasteiger charge is -2.03. The minimum atomic E-state index is 0.371. The maximum Gasteiger partial charge on any atom is 0.114 e. The van der Waals surface area contributed by atoms with E-state index in [1.807, 2.05) is 38.1 Å². The smallest absolute Gasteiger partial charge is 0.114 e. The van der Waals surface area contributed by atoms with Gasteiger partial charge in [-0.2, -0.15) is 0 Å². The first-order chi connectivity index (χ1) is 7.61. The summed E-state index contributed by atoms with van der Waals surface area (Å²) in [5, 5.41) is 0. The van der Waals surface area contributed by atoms with Crippen molar-refractivity contribution in [3.8, 4) is 0 Å². The van der Waals surface area contributed by atoms with Crippen molar-refractivity contribution >= 4 is 19.5 Å². The van der Waals surface area contributed by atoms with E-state index >= 15 is 0 Å². The molecule has 0 spiro atoms. The van der Waals surface area contributed by atoms with Gasteiger partial charge < -0.3 is 0 Å². The Morgan fingerprint density at radius 2 is 1.88 bits per heavy atom. The molecule has 0 saturated carbocycles.